The van der Waals surface area contributed by atoms with Crippen LogP contribution in [0.2, 0.25) is 0 Å². The Morgan fingerprint density at radius 2 is 1.90 bits per heavy atom. The van der Waals surface area contributed by atoms with Gasteiger partial charge < -0.3 is 21.9 Å². The molecule has 6 nitrogen and oxygen atoms in total. The quantitative estimate of drug-likeness (QED) is 0.573. The molecule has 0 saturated heterocycles. The highest BCUT2D eigenvalue weighted by atomic mass is 19.1. The molecule has 6 N–H and O–H groups in total. The molecule has 1 aliphatic carbocycles. The van der Waals surface area contributed by atoms with Gasteiger partial charge in [0.1, 0.15) is 5.69 Å². The zero-order chi connectivity index (χ0) is 14.5. The molecule has 1 saturated carbocycles. The Morgan fingerprint density at radius 1 is 1.20 bits per heavy atom. The van der Waals surface area contributed by atoms with Gasteiger partial charge in [0.25, 0.3) is 0 Å². The van der Waals surface area contributed by atoms with Crippen molar-refractivity contribution in [1.82, 2.24) is 0 Å². The van der Waals surface area contributed by atoms with Crippen molar-refractivity contribution in [3.05, 3.63) is 24.0 Å². The third-order valence-electron chi connectivity index (χ3n) is 3.01. The van der Waals surface area contributed by atoms with Gasteiger partial charge in [-0.2, -0.15) is 4.99 Å². The largest absolute Gasteiger partial charge is 0.485 e. The van der Waals surface area contributed by atoms with Crippen molar-refractivity contribution in [2.45, 2.75) is 31.8 Å². The number of guanidine groups is 2. The van der Waals surface area contributed by atoms with E-state index in [0.29, 0.717) is 0 Å². The van der Waals surface area contributed by atoms with Gasteiger partial charge in [-0.3, -0.25) is 0 Å². The Kier molecular flexibility index (Phi) is 4.39. The molecule has 1 aromatic rings. The first kappa shape index (κ1) is 14.1. The molecule has 0 amide bonds. The Bertz CT molecular complexity index is 534. The number of aliphatic imine (C=N–C) groups is 2. The molecule has 0 aliphatic heterocycles. The van der Waals surface area contributed by atoms with E-state index in [1.807, 2.05) is 0 Å². The summed E-state index contributed by atoms with van der Waals surface area (Å²) in [6, 6.07) is 4.45. The molecule has 1 fully saturated rings. The lowest BCUT2D eigenvalue weighted by atomic mass is 10.2. The van der Waals surface area contributed by atoms with Gasteiger partial charge in [0, 0.05) is 0 Å². The molecule has 7 heteroatoms. The highest BCUT2D eigenvalue weighted by Crippen LogP contribution is 2.34. The molecule has 1 aromatic carbocycles. The fourth-order valence-corrected chi connectivity index (χ4v) is 2.16. The van der Waals surface area contributed by atoms with Crippen molar-refractivity contribution in [3.63, 3.8) is 0 Å². The lowest BCUT2D eigenvalue weighted by molar-refractivity contribution is 0.202. The van der Waals surface area contributed by atoms with Crippen molar-refractivity contribution in [2.24, 2.45) is 27.2 Å². The zero-order valence-electron chi connectivity index (χ0n) is 11.1. The van der Waals surface area contributed by atoms with E-state index in [-0.39, 0.29) is 29.5 Å². The second kappa shape index (κ2) is 6.23. The van der Waals surface area contributed by atoms with Crippen molar-refractivity contribution in [1.29, 1.82) is 0 Å². The van der Waals surface area contributed by atoms with E-state index in [1.54, 1.807) is 6.07 Å². The normalized spacial score (nSPS) is 16.1. The molecule has 0 heterocycles. The molecule has 0 bridgehead atoms. The summed E-state index contributed by atoms with van der Waals surface area (Å²) in [7, 11) is 0. The topological polar surface area (TPSA) is 112 Å². The van der Waals surface area contributed by atoms with Crippen LogP contribution in [0.25, 0.3) is 0 Å². The summed E-state index contributed by atoms with van der Waals surface area (Å²) in [6.45, 7) is 0. The molecule has 0 radical (unpaired) electrons. The van der Waals surface area contributed by atoms with Crippen LogP contribution < -0.4 is 21.9 Å². The van der Waals surface area contributed by atoms with E-state index in [1.165, 1.54) is 12.1 Å². The number of ether oxygens (including phenoxy) is 1. The maximum absolute atomic E-state index is 13.9. The first-order chi connectivity index (χ1) is 9.56. The fraction of sp³-hybridized carbons (Fsp3) is 0.385. The SMILES string of the molecule is NC(N)=NC(N)=Nc1cccc(F)c1OC1CCCC1. The average Bonchev–Trinajstić information content (AvgIpc) is 2.85. The Balaban J connectivity index is 2.28. The number of rotatable bonds is 3. The van der Waals surface area contributed by atoms with Gasteiger partial charge in [-0.1, -0.05) is 6.07 Å². The average molecular weight is 279 g/mol. The van der Waals surface area contributed by atoms with Crippen LogP contribution in [0.1, 0.15) is 25.7 Å². The van der Waals surface area contributed by atoms with Crippen molar-refractivity contribution in [2.75, 3.05) is 0 Å². The molecular formula is C13H18FN5O. The Morgan fingerprint density at radius 3 is 2.55 bits per heavy atom. The van der Waals surface area contributed by atoms with E-state index in [2.05, 4.69) is 9.98 Å². The standard InChI is InChI=1S/C13H18FN5O/c14-9-6-3-7-10(18-13(17)19-12(15)16)11(9)20-8-4-1-2-5-8/h3,6-8H,1-2,4-5H2,(H6,15,16,17,18,19). The second-order valence-electron chi connectivity index (χ2n) is 4.62. The van der Waals surface area contributed by atoms with Crippen LogP contribution in [0.4, 0.5) is 10.1 Å². The molecule has 0 unspecified atom stereocenters. The van der Waals surface area contributed by atoms with Crippen LogP contribution in [0, 0.1) is 5.82 Å². The van der Waals surface area contributed by atoms with E-state index in [9.17, 15) is 4.39 Å². The summed E-state index contributed by atoms with van der Waals surface area (Å²) in [5, 5.41) is 0. The van der Waals surface area contributed by atoms with Gasteiger partial charge >= 0.3 is 0 Å². The van der Waals surface area contributed by atoms with Crippen molar-refractivity contribution >= 4 is 17.6 Å². The molecule has 0 atom stereocenters. The van der Waals surface area contributed by atoms with E-state index < -0.39 is 5.82 Å². The number of hydrogen-bond donors (Lipinski definition) is 3. The molecule has 108 valence electrons. The predicted molar refractivity (Wildman–Crippen MR) is 76.4 cm³/mol. The third kappa shape index (κ3) is 3.59. The van der Waals surface area contributed by atoms with Crippen molar-refractivity contribution < 1.29 is 9.13 Å². The Hall–Kier alpha value is -2.31. The highest BCUT2D eigenvalue weighted by molar-refractivity contribution is 5.93. The number of para-hydroxylation sites is 1. The van der Waals surface area contributed by atoms with Crippen molar-refractivity contribution in [3.8, 4) is 5.75 Å². The minimum atomic E-state index is -0.476. The first-order valence-corrected chi connectivity index (χ1v) is 6.45. The number of nitrogens with zero attached hydrogens (tertiary/aromatic N) is 2. The molecule has 2 rings (SSSR count). The predicted octanol–water partition coefficient (Wildman–Crippen LogP) is 1.37. The van der Waals surface area contributed by atoms with Crippen LogP contribution in [-0.4, -0.2) is 18.0 Å². The van der Waals surface area contributed by atoms with Crippen LogP contribution >= 0.6 is 0 Å². The van der Waals surface area contributed by atoms with E-state index >= 15 is 0 Å². The molecular weight excluding hydrogens is 261 g/mol. The first-order valence-electron chi connectivity index (χ1n) is 6.45. The minimum Gasteiger partial charge on any atom is -0.485 e. The van der Waals surface area contributed by atoms with E-state index in [0.717, 1.165) is 25.7 Å². The van der Waals surface area contributed by atoms with E-state index in [4.69, 9.17) is 21.9 Å². The number of halogens is 1. The highest BCUT2D eigenvalue weighted by Gasteiger charge is 2.20. The fourth-order valence-electron chi connectivity index (χ4n) is 2.16. The summed E-state index contributed by atoms with van der Waals surface area (Å²) >= 11 is 0. The molecule has 0 spiro atoms. The molecule has 20 heavy (non-hydrogen) atoms. The monoisotopic (exact) mass is 279 g/mol. The van der Waals surface area contributed by atoms with Gasteiger partial charge in [0.05, 0.1) is 6.10 Å². The lowest BCUT2D eigenvalue weighted by Crippen LogP contribution is -2.26. The third-order valence-corrected chi connectivity index (χ3v) is 3.01. The van der Waals surface area contributed by atoms with Gasteiger partial charge in [-0.05, 0) is 37.8 Å². The van der Waals surface area contributed by atoms with Gasteiger partial charge in [0.15, 0.2) is 17.5 Å². The minimum absolute atomic E-state index is 0.0187. The van der Waals surface area contributed by atoms with Crippen LogP contribution in [0.5, 0.6) is 5.75 Å². The maximum atomic E-state index is 13.9. The summed E-state index contributed by atoms with van der Waals surface area (Å²) in [5.74, 6) is -0.739. The summed E-state index contributed by atoms with van der Waals surface area (Å²) in [4.78, 5) is 7.58. The number of nitrogens with two attached hydrogens (primary N) is 3. The summed E-state index contributed by atoms with van der Waals surface area (Å²) < 4.78 is 19.6. The zero-order valence-corrected chi connectivity index (χ0v) is 11.1. The lowest BCUT2D eigenvalue weighted by Gasteiger charge is -2.15. The van der Waals surface area contributed by atoms with Gasteiger partial charge in [-0.15, -0.1) is 0 Å². The number of hydrogen-bond acceptors (Lipinski definition) is 2. The van der Waals surface area contributed by atoms with Crippen LogP contribution in [-0.2, 0) is 0 Å². The van der Waals surface area contributed by atoms with Crippen LogP contribution in [0.3, 0.4) is 0 Å². The molecule has 0 aromatic heterocycles. The second-order valence-corrected chi connectivity index (χ2v) is 4.62. The number of benzene rings is 1. The van der Waals surface area contributed by atoms with Crippen LogP contribution in [0.15, 0.2) is 28.2 Å². The van der Waals surface area contributed by atoms with Gasteiger partial charge in [0.2, 0.25) is 5.96 Å². The summed E-state index contributed by atoms with van der Waals surface area (Å²) in [6.07, 6.45) is 4.04. The maximum Gasteiger partial charge on any atom is 0.223 e. The smallest absolute Gasteiger partial charge is 0.223 e. The Labute approximate surface area is 116 Å². The summed E-state index contributed by atoms with van der Waals surface area (Å²) in [5.41, 5.74) is 16.3. The van der Waals surface area contributed by atoms with Gasteiger partial charge in [-0.25, -0.2) is 9.38 Å². The molecule has 1 aliphatic rings.